The van der Waals surface area contributed by atoms with Crippen molar-refractivity contribution in [3.05, 3.63) is 35.9 Å². The molecule has 1 aromatic carbocycles. The summed E-state index contributed by atoms with van der Waals surface area (Å²) in [5.74, 6) is -0.125. The molecule has 0 aliphatic carbocycles. The molecule has 1 heterocycles. The third kappa shape index (κ3) is 3.56. The van der Waals surface area contributed by atoms with Crippen molar-refractivity contribution in [2.24, 2.45) is 0 Å². The number of hydrogen-bond acceptors (Lipinski definition) is 3. The first kappa shape index (κ1) is 12.1. The molecule has 1 fully saturated rings. The molecule has 0 radical (unpaired) electrons. The molecule has 2 rings (SSSR count). The molecule has 0 unspecified atom stereocenters. The SMILES string of the molecule is C[C@@H]1CCC[C@@H](C(=O)OCc2ccccc2)N1. The van der Waals surface area contributed by atoms with Crippen molar-refractivity contribution < 1.29 is 9.53 Å². The van der Waals surface area contributed by atoms with Gasteiger partial charge in [-0.1, -0.05) is 30.3 Å². The molecular formula is C14H19NO2. The molecular weight excluding hydrogens is 214 g/mol. The largest absolute Gasteiger partial charge is 0.460 e. The summed E-state index contributed by atoms with van der Waals surface area (Å²) in [6, 6.07) is 10.1. The van der Waals surface area contributed by atoms with Gasteiger partial charge in [-0.3, -0.25) is 4.79 Å². The zero-order valence-electron chi connectivity index (χ0n) is 10.2. The molecule has 0 bridgehead atoms. The van der Waals surface area contributed by atoms with Gasteiger partial charge in [0.1, 0.15) is 12.6 Å². The highest BCUT2D eigenvalue weighted by Gasteiger charge is 2.25. The third-order valence-corrected chi connectivity index (χ3v) is 3.12. The van der Waals surface area contributed by atoms with Crippen molar-refractivity contribution in [3.8, 4) is 0 Å². The molecule has 1 N–H and O–H groups in total. The molecule has 1 saturated heterocycles. The van der Waals surface area contributed by atoms with E-state index >= 15 is 0 Å². The number of esters is 1. The zero-order chi connectivity index (χ0) is 12.1. The Morgan fingerprint density at radius 3 is 2.82 bits per heavy atom. The highest BCUT2D eigenvalue weighted by molar-refractivity contribution is 5.75. The Hall–Kier alpha value is -1.35. The van der Waals surface area contributed by atoms with E-state index in [2.05, 4.69) is 12.2 Å². The van der Waals surface area contributed by atoms with E-state index in [9.17, 15) is 4.79 Å². The molecule has 3 heteroatoms. The first-order valence-electron chi connectivity index (χ1n) is 6.22. The van der Waals surface area contributed by atoms with E-state index in [0.29, 0.717) is 12.6 Å². The second-order valence-corrected chi connectivity index (χ2v) is 4.64. The van der Waals surface area contributed by atoms with Crippen molar-refractivity contribution in [2.75, 3.05) is 0 Å². The van der Waals surface area contributed by atoms with Crippen molar-refractivity contribution in [3.63, 3.8) is 0 Å². The van der Waals surface area contributed by atoms with E-state index in [1.807, 2.05) is 30.3 Å². The van der Waals surface area contributed by atoms with Gasteiger partial charge < -0.3 is 10.1 Å². The van der Waals surface area contributed by atoms with Crippen LogP contribution in [0.25, 0.3) is 0 Å². The molecule has 3 nitrogen and oxygen atoms in total. The minimum absolute atomic E-state index is 0.123. The lowest BCUT2D eigenvalue weighted by atomic mass is 10.00. The zero-order valence-corrected chi connectivity index (χ0v) is 10.2. The first-order chi connectivity index (χ1) is 8.25. The fourth-order valence-electron chi connectivity index (χ4n) is 2.15. The van der Waals surface area contributed by atoms with Gasteiger partial charge in [-0.2, -0.15) is 0 Å². The lowest BCUT2D eigenvalue weighted by Crippen LogP contribution is -2.46. The quantitative estimate of drug-likeness (QED) is 0.814. The van der Waals surface area contributed by atoms with E-state index in [1.165, 1.54) is 0 Å². The number of ether oxygens (including phenoxy) is 1. The van der Waals surface area contributed by atoms with Gasteiger partial charge in [0.2, 0.25) is 0 Å². The lowest BCUT2D eigenvalue weighted by molar-refractivity contribution is -0.148. The fourth-order valence-corrected chi connectivity index (χ4v) is 2.15. The molecule has 1 aliphatic heterocycles. The maximum absolute atomic E-state index is 11.8. The predicted octanol–water partition coefficient (Wildman–Crippen LogP) is 2.26. The normalized spacial score (nSPS) is 24.3. The summed E-state index contributed by atoms with van der Waals surface area (Å²) in [6.45, 7) is 2.48. The summed E-state index contributed by atoms with van der Waals surface area (Å²) in [7, 11) is 0. The summed E-state index contributed by atoms with van der Waals surface area (Å²) < 4.78 is 5.31. The fraction of sp³-hybridized carbons (Fsp3) is 0.500. The van der Waals surface area contributed by atoms with Crippen LogP contribution in [0, 0.1) is 0 Å². The molecule has 92 valence electrons. The number of nitrogens with one attached hydrogen (secondary N) is 1. The van der Waals surface area contributed by atoms with Crippen molar-refractivity contribution in [1.82, 2.24) is 5.32 Å². The molecule has 2 atom stereocenters. The van der Waals surface area contributed by atoms with Crippen molar-refractivity contribution in [1.29, 1.82) is 0 Å². The Morgan fingerprint density at radius 2 is 2.12 bits per heavy atom. The number of piperidine rings is 1. The van der Waals surface area contributed by atoms with Crippen LogP contribution in [0.1, 0.15) is 31.7 Å². The van der Waals surface area contributed by atoms with Crippen LogP contribution < -0.4 is 5.32 Å². The predicted molar refractivity (Wildman–Crippen MR) is 66.5 cm³/mol. The van der Waals surface area contributed by atoms with Crippen molar-refractivity contribution in [2.45, 2.75) is 44.9 Å². The van der Waals surface area contributed by atoms with E-state index in [0.717, 1.165) is 24.8 Å². The highest BCUT2D eigenvalue weighted by atomic mass is 16.5. The lowest BCUT2D eigenvalue weighted by Gasteiger charge is -2.27. The summed E-state index contributed by atoms with van der Waals surface area (Å²) in [5, 5.41) is 3.28. The van der Waals surface area contributed by atoms with E-state index in [-0.39, 0.29) is 12.0 Å². The van der Waals surface area contributed by atoms with Crippen LogP contribution in [0.4, 0.5) is 0 Å². The number of rotatable bonds is 3. The molecule has 1 aromatic rings. The van der Waals surface area contributed by atoms with Gasteiger partial charge in [-0.25, -0.2) is 0 Å². The summed E-state index contributed by atoms with van der Waals surface area (Å²) >= 11 is 0. The number of benzene rings is 1. The minimum atomic E-state index is -0.125. The van der Waals surface area contributed by atoms with Gasteiger partial charge >= 0.3 is 5.97 Å². The van der Waals surface area contributed by atoms with Gasteiger partial charge in [0.15, 0.2) is 0 Å². The maximum atomic E-state index is 11.8. The molecule has 0 spiro atoms. The standard InChI is InChI=1S/C14H19NO2/c1-11-6-5-9-13(15-11)14(16)17-10-12-7-3-2-4-8-12/h2-4,7-8,11,13,15H,5-6,9-10H2,1H3/t11-,13+/m1/s1. The topological polar surface area (TPSA) is 38.3 Å². The second kappa shape index (κ2) is 5.82. The summed E-state index contributed by atoms with van der Waals surface area (Å²) in [4.78, 5) is 11.8. The molecule has 17 heavy (non-hydrogen) atoms. The van der Waals surface area contributed by atoms with Crippen LogP contribution in [-0.4, -0.2) is 18.1 Å². The number of carbonyl (C=O) groups excluding carboxylic acids is 1. The Kier molecular flexibility index (Phi) is 4.15. The molecule has 0 amide bonds. The Balaban J connectivity index is 1.81. The second-order valence-electron chi connectivity index (χ2n) is 4.64. The van der Waals surface area contributed by atoms with Crippen LogP contribution in [0.5, 0.6) is 0 Å². The summed E-state index contributed by atoms with van der Waals surface area (Å²) in [5.41, 5.74) is 1.03. The number of hydrogen-bond donors (Lipinski definition) is 1. The Morgan fingerprint density at radius 1 is 1.35 bits per heavy atom. The first-order valence-corrected chi connectivity index (χ1v) is 6.22. The average Bonchev–Trinajstić information content (AvgIpc) is 2.37. The molecule has 1 aliphatic rings. The average molecular weight is 233 g/mol. The maximum Gasteiger partial charge on any atom is 0.323 e. The van der Waals surface area contributed by atoms with Gasteiger partial charge in [-0.05, 0) is 31.7 Å². The van der Waals surface area contributed by atoms with Gasteiger partial charge in [0.05, 0.1) is 0 Å². The monoisotopic (exact) mass is 233 g/mol. The van der Waals surface area contributed by atoms with Crippen LogP contribution in [0.2, 0.25) is 0 Å². The van der Waals surface area contributed by atoms with Crippen molar-refractivity contribution >= 4 is 5.97 Å². The smallest absolute Gasteiger partial charge is 0.323 e. The highest BCUT2D eigenvalue weighted by Crippen LogP contribution is 2.14. The van der Waals surface area contributed by atoms with E-state index in [4.69, 9.17) is 4.74 Å². The van der Waals surface area contributed by atoms with Crippen LogP contribution in [0.15, 0.2) is 30.3 Å². The minimum Gasteiger partial charge on any atom is -0.460 e. The van der Waals surface area contributed by atoms with Gasteiger partial charge in [0, 0.05) is 6.04 Å². The summed E-state index contributed by atoms with van der Waals surface area (Å²) in [6.07, 6.45) is 3.12. The molecule has 0 aromatic heterocycles. The van der Waals surface area contributed by atoms with Gasteiger partial charge in [0.25, 0.3) is 0 Å². The van der Waals surface area contributed by atoms with Crippen LogP contribution in [0.3, 0.4) is 0 Å². The molecule has 0 saturated carbocycles. The Labute approximate surface area is 102 Å². The van der Waals surface area contributed by atoms with E-state index < -0.39 is 0 Å². The van der Waals surface area contributed by atoms with Gasteiger partial charge in [-0.15, -0.1) is 0 Å². The third-order valence-electron chi connectivity index (χ3n) is 3.12. The van der Waals surface area contributed by atoms with Crippen LogP contribution in [-0.2, 0) is 16.1 Å². The van der Waals surface area contributed by atoms with E-state index in [1.54, 1.807) is 0 Å². The Bertz CT molecular complexity index is 364. The van der Waals surface area contributed by atoms with Crippen LogP contribution >= 0.6 is 0 Å². The number of carbonyl (C=O) groups is 1.